The minimum absolute atomic E-state index is 0.133. The number of nitrogens with zero attached hydrogens (tertiary/aromatic N) is 2. The van der Waals surface area contributed by atoms with Crippen molar-refractivity contribution in [3.05, 3.63) is 59.7 Å². The van der Waals surface area contributed by atoms with Gasteiger partial charge >= 0.3 is 0 Å². The summed E-state index contributed by atoms with van der Waals surface area (Å²) >= 11 is 0. The van der Waals surface area contributed by atoms with E-state index in [4.69, 9.17) is 4.74 Å². The van der Waals surface area contributed by atoms with Crippen LogP contribution >= 0.6 is 0 Å². The highest BCUT2D eigenvalue weighted by Gasteiger charge is 2.23. The lowest BCUT2D eigenvalue weighted by Crippen LogP contribution is -2.40. The van der Waals surface area contributed by atoms with Gasteiger partial charge < -0.3 is 15.0 Å². The highest BCUT2D eigenvalue weighted by atomic mass is 32.2. The highest BCUT2D eigenvalue weighted by molar-refractivity contribution is 7.92. The van der Waals surface area contributed by atoms with Crippen LogP contribution in [0.15, 0.2) is 48.5 Å². The molecular formula is C23H31N3O4S. The molecule has 2 aromatic rings. The van der Waals surface area contributed by atoms with Crippen LogP contribution < -0.4 is 14.5 Å². The van der Waals surface area contributed by atoms with Crippen molar-refractivity contribution >= 4 is 27.3 Å². The number of para-hydroxylation sites is 1. The number of hydrogen-bond acceptors (Lipinski definition) is 5. The van der Waals surface area contributed by atoms with Crippen molar-refractivity contribution in [1.82, 2.24) is 5.32 Å². The molecule has 0 aromatic heterocycles. The largest absolute Gasteiger partial charge is 0.378 e. The van der Waals surface area contributed by atoms with E-state index in [2.05, 4.69) is 10.2 Å². The number of hydrogen-bond donors (Lipinski definition) is 1. The van der Waals surface area contributed by atoms with Gasteiger partial charge in [0, 0.05) is 25.3 Å². The molecule has 1 aliphatic rings. The molecule has 2 aromatic carbocycles. The zero-order chi connectivity index (χ0) is 22.4. The molecule has 0 spiro atoms. The molecule has 0 unspecified atom stereocenters. The molecule has 0 saturated carbocycles. The first kappa shape index (κ1) is 23.1. The summed E-state index contributed by atoms with van der Waals surface area (Å²) in [4.78, 5) is 14.9. The van der Waals surface area contributed by atoms with Crippen LogP contribution in [-0.4, -0.2) is 53.4 Å². The van der Waals surface area contributed by atoms with Gasteiger partial charge in [0.1, 0.15) is 6.54 Å². The average Bonchev–Trinajstić information content (AvgIpc) is 2.76. The Morgan fingerprint density at radius 2 is 1.74 bits per heavy atom. The summed E-state index contributed by atoms with van der Waals surface area (Å²) in [5.41, 5.74) is 3.52. The average molecular weight is 446 g/mol. The van der Waals surface area contributed by atoms with E-state index < -0.39 is 10.0 Å². The lowest BCUT2D eigenvalue weighted by molar-refractivity contribution is -0.119. The minimum atomic E-state index is -3.61. The Hall–Kier alpha value is -2.58. The Kier molecular flexibility index (Phi) is 7.56. The summed E-state index contributed by atoms with van der Waals surface area (Å²) in [6.45, 7) is 7.29. The van der Waals surface area contributed by atoms with Crippen LogP contribution in [0.3, 0.4) is 0 Å². The van der Waals surface area contributed by atoms with Crippen molar-refractivity contribution in [3.8, 4) is 0 Å². The number of benzene rings is 2. The number of nitrogens with one attached hydrogen (secondary N) is 1. The summed E-state index contributed by atoms with van der Waals surface area (Å²) in [6, 6.07) is 15.3. The monoisotopic (exact) mass is 445 g/mol. The van der Waals surface area contributed by atoms with Gasteiger partial charge in [0.2, 0.25) is 15.9 Å². The standard InChI is InChI=1S/C23H31N3O4S/c1-18(2)21-6-4-5-7-22(21)26(31(3,28)29)17-23(27)24-16-19-8-10-20(11-9-19)25-12-14-30-15-13-25/h4-11,18H,12-17H2,1-3H3,(H,24,27). The van der Waals surface area contributed by atoms with Gasteiger partial charge in [-0.3, -0.25) is 9.10 Å². The van der Waals surface area contributed by atoms with Crippen LogP contribution in [0, 0.1) is 0 Å². The van der Waals surface area contributed by atoms with Crippen LogP contribution in [0.5, 0.6) is 0 Å². The molecule has 0 bridgehead atoms. The van der Waals surface area contributed by atoms with Gasteiger partial charge in [-0.2, -0.15) is 0 Å². The predicted molar refractivity (Wildman–Crippen MR) is 124 cm³/mol. The molecule has 1 heterocycles. The van der Waals surface area contributed by atoms with E-state index >= 15 is 0 Å². The van der Waals surface area contributed by atoms with Gasteiger partial charge in [-0.15, -0.1) is 0 Å². The maximum absolute atomic E-state index is 12.6. The van der Waals surface area contributed by atoms with Gasteiger partial charge in [0.25, 0.3) is 0 Å². The molecule has 1 saturated heterocycles. The van der Waals surface area contributed by atoms with Crippen molar-refractivity contribution in [2.45, 2.75) is 26.3 Å². The molecule has 1 aliphatic heterocycles. The number of rotatable bonds is 8. The van der Waals surface area contributed by atoms with Crippen LogP contribution in [0.1, 0.15) is 30.9 Å². The first-order valence-electron chi connectivity index (χ1n) is 10.5. The van der Waals surface area contributed by atoms with Gasteiger partial charge in [0.15, 0.2) is 0 Å². The summed E-state index contributed by atoms with van der Waals surface area (Å²) in [7, 11) is -3.61. The topological polar surface area (TPSA) is 79.0 Å². The van der Waals surface area contributed by atoms with Crippen molar-refractivity contribution in [2.24, 2.45) is 0 Å². The zero-order valence-electron chi connectivity index (χ0n) is 18.4. The second kappa shape index (κ2) is 10.2. The Bertz CT molecular complexity index is 984. The van der Waals surface area contributed by atoms with E-state index in [0.717, 1.165) is 49.4 Å². The second-order valence-corrected chi connectivity index (χ2v) is 9.93. The van der Waals surface area contributed by atoms with Crippen LogP contribution in [0.2, 0.25) is 0 Å². The fraction of sp³-hybridized carbons (Fsp3) is 0.435. The Morgan fingerprint density at radius 1 is 1.10 bits per heavy atom. The third-order valence-electron chi connectivity index (χ3n) is 5.32. The van der Waals surface area contributed by atoms with Gasteiger partial charge in [-0.05, 0) is 35.2 Å². The quantitative estimate of drug-likeness (QED) is 0.676. The zero-order valence-corrected chi connectivity index (χ0v) is 19.2. The minimum Gasteiger partial charge on any atom is -0.378 e. The summed E-state index contributed by atoms with van der Waals surface area (Å²) < 4.78 is 31.4. The molecule has 1 fully saturated rings. The second-order valence-electron chi connectivity index (χ2n) is 8.03. The smallest absolute Gasteiger partial charge is 0.241 e. The summed E-state index contributed by atoms with van der Waals surface area (Å²) in [5, 5.41) is 2.84. The fourth-order valence-electron chi connectivity index (χ4n) is 3.62. The molecule has 168 valence electrons. The molecule has 7 nitrogen and oxygen atoms in total. The number of morpholine rings is 1. The number of sulfonamides is 1. The van der Waals surface area contributed by atoms with Crippen molar-refractivity contribution in [2.75, 3.05) is 48.3 Å². The third-order valence-corrected chi connectivity index (χ3v) is 6.44. The highest BCUT2D eigenvalue weighted by Crippen LogP contribution is 2.28. The summed E-state index contributed by atoms with van der Waals surface area (Å²) in [6.07, 6.45) is 1.13. The van der Waals surface area contributed by atoms with Gasteiger partial charge in [-0.1, -0.05) is 44.2 Å². The lowest BCUT2D eigenvalue weighted by atomic mass is 10.0. The van der Waals surface area contributed by atoms with Crippen LogP contribution in [0.25, 0.3) is 0 Å². The lowest BCUT2D eigenvalue weighted by Gasteiger charge is -2.29. The van der Waals surface area contributed by atoms with Gasteiger partial charge in [-0.25, -0.2) is 8.42 Å². The van der Waals surface area contributed by atoms with E-state index in [0.29, 0.717) is 12.2 Å². The number of anilines is 2. The number of carbonyl (C=O) groups is 1. The fourth-order valence-corrected chi connectivity index (χ4v) is 4.49. The maximum atomic E-state index is 12.6. The first-order valence-corrected chi connectivity index (χ1v) is 12.4. The molecule has 0 radical (unpaired) electrons. The summed E-state index contributed by atoms with van der Waals surface area (Å²) in [5.74, 6) is -0.213. The number of carbonyl (C=O) groups excluding carboxylic acids is 1. The van der Waals surface area contributed by atoms with Crippen LogP contribution in [0.4, 0.5) is 11.4 Å². The van der Waals surface area contributed by atoms with E-state index in [1.165, 1.54) is 4.31 Å². The van der Waals surface area contributed by atoms with Gasteiger partial charge in [0.05, 0.1) is 25.2 Å². The molecule has 31 heavy (non-hydrogen) atoms. The van der Waals surface area contributed by atoms with Crippen molar-refractivity contribution in [3.63, 3.8) is 0 Å². The molecule has 8 heteroatoms. The maximum Gasteiger partial charge on any atom is 0.241 e. The number of ether oxygens (including phenoxy) is 1. The molecule has 1 amide bonds. The van der Waals surface area contributed by atoms with Crippen molar-refractivity contribution in [1.29, 1.82) is 0 Å². The Balaban J connectivity index is 1.64. The van der Waals surface area contributed by atoms with E-state index in [-0.39, 0.29) is 18.4 Å². The predicted octanol–water partition coefficient (Wildman–Crippen LogP) is 2.73. The van der Waals surface area contributed by atoms with Crippen molar-refractivity contribution < 1.29 is 17.9 Å². The van der Waals surface area contributed by atoms with E-state index in [1.54, 1.807) is 12.1 Å². The SMILES string of the molecule is CC(C)c1ccccc1N(CC(=O)NCc1ccc(N2CCOCC2)cc1)S(C)(=O)=O. The van der Waals surface area contributed by atoms with E-state index in [9.17, 15) is 13.2 Å². The van der Waals surface area contributed by atoms with Crippen LogP contribution in [-0.2, 0) is 26.1 Å². The number of amides is 1. The molecule has 0 atom stereocenters. The Labute approximate surface area is 185 Å². The van der Waals surface area contributed by atoms with E-state index in [1.807, 2.05) is 50.2 Å². The normalized spacial score (nSPS) is 14.5. The molecule has 0 aliphatic carbocycles. The Morgan fingerprint density at radius 3 is 2.35 bits per heavy atom. The molecule has 1 N–H and O–H groups in total. The molecule has 3 rings (SSSR count). The molecular weight excluding hydrogens is 414 g/mol. The first-order chi connectivity index (χ1) is 14.8. The third kappa shape index (κ3) is 6.21.